The van der Waals surface area contributed by atoms with E-state index in [0.29, 0.717) is 30.8 Å². The molecule has 0 saturated carbocycles. The normalized spacial score (nSPS) is 10.3. The molecule has 3 aromatic rings. The molecule has 0 fully saturated rings. The fourth-order valence-corrected chi connectivity index (χ4v) is 2.86. The number of amides is 2. The maximum atomic E-state index is 12.8. The minimum atomic E-state index is -0.181. The Balaban J connectivity index is 1.62. The Labute approximate surface area is 165 Å². The summed E-state index contributed by atoms with van der Waals surface area (Å²) in [6, 6.07) is 20.4. The van der Waals surface area contributed by atoms with E-state index >= 15 is 0 Å². The summed E-state index contributed by atoms with van der Waals surface area (Å²) in [7, 11) is 0. The molecule has 2 amide bonds. The van der Waals surface area contributed by atoms with E-state index in [1.807, 2.05) is 49.4 Å². The lowest BCUT2D eigenvalue weighted by atomic mass is 10.1. The maximum absolute atomic E-state index is 12.8. The van der Waals surface area contributed by atoms with Crippen LogP contribution in [-0.2, 0) is 13.1 Å². The second kappa shape index (κ2) is 9.46. The number of nitrogens with one attached hydrogen (secondary N) is 1. The van der Waals surface area contributed by atoms with Crippen LogP contribution in [0.25, 0.3) is 0 Å². The van der Waals surface area contributed by atoms with E-state index in [4.69, 9.17) is 0 Å². The van der Waals surface area contributed by atoms with Gasteiger partial charge in [0.2, 0.25) is 0 Å². The van der Waals surface area contributed by atoms with Gasteiger partial charge in [-0.25, -0.2) is 0 Å². The highest BCUT2D eigenvalue weighted by Gasteiger charge is 2.15. The topological polar surface area (TPSA) is 62.3 Å². The lowest BCUT2D eigenvalue weighted by Gasteiger charge is -2.21. The maximum Gasteiger partial charge on any atom is 0.254 e. The van der Waals surface area contributed by atoms with Crippen LogP contribution in [0.5, 0.6) is 0 Å². The Morgan fingerprint density at radius 2 is 1.57 bits per heavy atom. The van der Waals surface area contributed by atoms with Crippen LogP contribution in [0.3, 0.4) is 0 Å². The van der Waals surface area contributed by atoms with Gasteiger partial charge in [0, 0.05) is 43.2 Å². The SMILES string of the molecule is CCN(Cc1ccccc1)C(=O)c1ccc(C(=O)NCc2cccnc2)cc1. The smallest absolute Gasteiger partial charge is 0.254 e. The third-order valence-electron chi connectivity index (χ3n) is 4.46. The highest BCUT2D eigenvalue weighted by atomic mass is 16.2. The van der Waals surface area contributed by atoms with E-state index in [2.05, 4.69) is 10.3 Å². The van der Waals surface area contributed by atoms with Crippen LogP contribution in [0.1, 0.15) is 38.8 Å². The van der Waals surface area contributed by atoms with E-state index in [9.17, 15) is 9.59 Å². The van der Waals surface area contributed by atoms with Crippen molar-refractivity contribution in [1.82, 2.24) is 15.2 Å². The van der Waals surface area contributed by atoms with Crippen molar-refractivity contribution >= 4 is 11.8 Å². The van der Waals surface area contributed by atoms with Gasteiger partial charge in [0.05, 0.1) is 0 Å². The summed E-state index contributed by atoms with van der Waals surface area (Å²) in [5, 5.41) is 2.86. The van der Waals surface area contributed by atoms with E-state index in [1.165, 1.54) is 0 Å². The van der Waals surface area contributed by atoms with Crippen LogP contribution in [0.2, 0.25) is 0 Å². The van der Waals surface area contributed by atoms with Gasteiger partial charge < -0.3 is 10.2 Å². The predicted molar refractivity (Wildman–Crippen MR) is 109 cm³/mol. The van der Waals surface area contributed by atoms with Crippen molar-refractivity contribution in [3.63, 3.8) is 0 Å². The summed E-state index contributed by atoms with van der Waals surface area (Å²) in [5.74, 6) is -0.229. The van der Waals surface area contributed by atoms with Gasteiger partial charge in [0.1, 0.15) is 0 Å². The minimum absolute atomic E-state index is 0.0475. The molecule has 0 radical (unpaired) electrons. The number of carbonyl (C=O) groups is 2. The van der Waals surface area contributed by atoms with Crippen LogP contribution in [0, 0.1) is 0 Å². The van der Waals surface area contributed by atoms with Crippen LogP contribution >= 0.6 is 0 Å². The highest BCUT2D eigenvalue weighted by Crippen LogP contribution is 2.12. The Morgan fingerprint density at radius 3 is 2.21 bits per heavy atom. The van der Waals surface area contributed by atoms with Crippen molar-refractivity contribution in [2.24, 2.45) is 0 Å². The number of hydrogen-bond donors (Lipinski definition) is 1. The van der Waals surface area contributed by atoms with Gasteiger partial charge in [-0.1, -0.05) is 36.4 Å². The molecule has 0 spiro atoms. The lowest BCUT2D eigenvalue weighted by molar-refractivity contribution is 0.0752. The summed E-state index contributed by atoms with van der Waals surface area (Å²) < 4.78 is 0. The molecule has 0 aliphatic rings. The molecule has 2 aromatic carbocycles. The first-order valence-electron chi connectivity index (χ1n) is 9.27. The van der Waals surface area contributed by atoms with Crippen LogP contribution in [-0.4, -0.2) is 28.2 Å². The molecule has 0 saturated heterocycles. The number of pyridine rings is 1. The Morgan fingerprint density at radius 1 is 0.893 bits per heavy atom. The van der Waals surface area contributed by atoms with Crippen LogP contribution < -0.4 is 5.32 Å². The van der Waals surface area contributed by atoms with Gasteiger partial charge in [-0.15, -0.1) is 0 Å². The summed E-state index contributed by atoms with van der Waals surface area (Å²) >= 11 is 0. The molecular weight excluding hydrogens is 350 g/mol. The molecule has 0 aliphatic heterocycles. The zero-order chi connectivity index (χ0) is 19.8. The van der Waals surface area contributed by atoms with Crippen molar-refractivity contribution in [3.05, 3.63) is 101 Å². The first kappa shape index (κ1) is 19.3. The van der Waals surface area contributed by atoms with Gasteiger partial charge in [-0.05, 0) is 48.4 Å². The molecular formula is C23H23N3O2. The summed E-state index contributed by atoms with van der Waals surface area (Å²) in [5.41, 5.74) is 3.11. The fraction of sp³-hybridized carbons (Fsp3) is 0.174. The summed E-state index contributed by atoms with van der Waals surface area (Å²) in [6.07, 6.45) is 3.41. The molecule has 28 heavy (non-hydrogen) atoms. The van der Waals surface area contributed by atoms with Crippen LogP contribution in [0.4, 0.5) is 0 Å². The number of nitrogens with zero attached hydrogens (tertiary/aromatic N) is 2. The fourth-order valence-electron chi connectivity index (χ4n) is 2.86. The quantitative estimate of drug-likeness (QED) is 0.687. The Hall–Kier alpha value is -3.47. The molecule has 3 rings (SSSR count). The molecule has 5 heteroatoms. The number of carbonyl (C=O) groups excluding carboxylic acids is 2. The van der Waals surface area contributed by atoms with Gasteiger partial charge in [-0.3, -0.25) is 14.6 Å². The van der Waals surface area contributed by atoms with Gasteiger partial charge in [0.25, 0.3) is 11.8 Å². The largest absolute Gasteiger partial charge is 0.348 e. The molecule has 142 valence electrons. The van der Waals surface area contributed by atoms with Gasteiger partial charge in [-0.2, -0.15) is 0 Å². The molecule has 1 aromatic heterocycles. The third kappa shape index (κ3) is 5.04. The molecule has 0 atom stereocenters. The second-order valence-corrected chi connectivity index (χ2v) is 6.43. The highest BCUT2D eigenvalue weighted by molar-refractivity contribution is 5.97. The predicted octanol–water partition coefficient (Wildman–Crippen LogP) is 3.67. The average Bonchev–Trinajstić information content (AvgIpc) is 2.77. The first-order chi connectivity index (χ1) is 13.7. The molecule has 0 aliphatic carbocycles. The molecule has 1 N–H and O–H groups in total. The molecule has 0 bridgehead atoms. The van der Waals surface area contributed by atoms with Gasteiger partial charge in [0.15, 0.2) is 0 Å². The Kier molecular flexibility index (Phi) is 6.52. The zero-order valence-corrected chi connectivity index (χ0v) is 15.8. The van der Waals surface area contributed by atoms with Crippen molar-refractivity contribution in [2.45, 2.75) is 20.0 Å². The van der Waals surface area contributed by atoms with Crippen molar-refractivity contribution < 1.29 is 9.59 Å². The summed E-state index contributed by atoms with van der Waals surface area (Å²) in [4.78, 5) is 30.9. The molecule has 1 heterocycles. The standard InChI is InChI=1S/C23H23N3O2/c1-2-26(17-18-7-4-3-5-8-18)23(28)21-12-10-20(11-13-21)22(27)25-16-19-9-6-14-24-15-19/h3-15H,2,16-17H2,1H3,(H,25,27). The van der Waals surface area contributed by atoms with E-state index in [0.717, 1.165) is 11.1 Å². The van der Waals surface area contributed by atoms with Crippen LogP contribution in [0.15, 0.2) is 79.1 Å². The summed E-state index contributed by atoms with van der Waals surface area (Å²) in [6.45, 7) is 3.54. The minimum Gasteiger partial charge on any atom is -0.348 e. The number of aromatic nitrogens is 1. The van der Waals surface area contributed by atoms with Crippen molar-refractivity contribution in [3.8, 4) is 0 Å². The number of benzene rings is 2. The third-order valence-corrected chi connectivity index (χ3v) is 4.46. The number of hydrogen-bond acceptors (Lipinski definition) is 3. The zero-order valence-electron chi connectivity index (χ0n) is 15.8. The van der Waals surface area contributed by atoms with E-state index < -0.39 is 0 Å². The molecule has 5 nitrogen and oxygen atoms in total. The van der Waals surface area contributed by atoms with E-state index in [-0.39, 0.29) is 11.8 Å². The second-order valence-electron chi connectivity index (χ2n) is 6.43. The van der Waals surface area contributed by atoms with Gasteiger partial charge >= 0.3 is 0 Å². The molecule has 0 unspecified atom stereocenters. The van der Waals surface area contributed by atoms with Crippen molar-refractivity contribution in [1.29, 1.82) is 0 Å². The monoisotopic (exact) mass is 373 g/mol. The Bertz CT molecular complexity index is 910. The number of rotatable bonds is 7. The van der Waals surface area contributed by atoms with Crippen molar-refractivity contribution in [2.75, 3.05) is 6.54 Å². The first-order valence-corrected chi connectivity index (χ1v) is 9.27. The average molecular weight is 373 g/mol. The lowest BCUT2D eigenvalue weighted by Crippen LogP contribution is -2.30. The van der Waals surface area contributed by atoms with E-state index in [1.54, 1.807) is 41.6 Å².